The second-order valence-corrected chi connectivity index (χ2v) is 6.29. The molecule has 2 bridgehead atoms. The number of carbonyl (C=O) groups is 2. The molecule has 0 aromatic carbocycles. The molecule has 0 saturated carbocycles. The van der Waals surface area contributed by atoms with Crippen molar-refractivity contribution in [3.05, 3.63) is 17.5 Å². The van der Waals surface area contributed by atoms with Crippen LogP contribution in [0.5, 0.6) is 0 Å². The van der Waals surface area contributed by atoms with Crippen LogP contribution in [0.15, 0.2) is 6.07 Å². The Kier molecular flexibility index (Phi) is 4.63. The molecule has 2 aliphatic heterocycles. The molecule has 3 heterocycles. The third-order valence-electron chi connectivity index (χ3n) is 4.27. The number of nitrogens with zero attached hydrogens (tertiary/aromatic N) is 4. The fraction of sp³-hybridized carbons (Fsp3) is 0.600. The minimum atomic E-state index is -1.09. The highest BCUT2D eigenvalue weighted by Gasteiger charge is 2.35. The number of hydrogen-bond acceptors (Lipinski definition) is 7. The van der Waals surface area contributed by atoms with E-state index in [-0.39, 0.29) is 24.2 Å². The Labute approximate surface area is 138 Å². The highest BCUT2D eigenvalue weighted by Crippen LogP contribution is 2.23. The van der Waals surface area contributed by atoms with Gasteiger partial charge in [0.1, 0.15) is 0 Å². The van der Waals surface area contributed by atoms with Gasteiger partial charge in [0.15, 0.2) is 5.69 Å². The Morgan fingerprint density at radius 3 is 2.75 bits per heavy atom. The van der Waals surface area contributed by atoms with Gasteiger partial charge in [-0.05, 0) is 13.0 Å². The molecule has 2 fully saturated rings. The quantitative estimate of drug-likeness (QED) is 0.764. The molecule has 9 nitrogen and oxygen atoms in total. The van der Waals surface area contributed by atoms with Gasteiger partial charge in [-0.15, -0.1) is 0 Å². The Bertz CT molecular complexity index is 653. The van der Waals surface area contributed by atoms with Crippen LogP contribution in [0.25, 0.3) is 0 Å². The van der Waals surface area contributed by atoms with E-state index in [0.717, 1.165) is 0 Å². The number of rotatable bonds is 4. The second-order valence-electron chi connectivity index (χ2n) is 6.29. The molecule has 2 atom stereocenters. The van der Waals surface area contributed by atoms with E-state index in [1.165, 1.54) is 6.07 Å². The molecule has 0 aliphatic carbocycles. The number of ether oxygens (including phenoxy) is 1. The van der Waals surface area contributed by atoms with E-state index in [0.29, 0.717) is 44.5 Å². The molecular weight excluding hydrogens is 316 g/mol. The molecule has 2 saturated heterocycles. The number of aromatic carboxylic acids is 1. The third-order valence-corrected chi connectivity index (χ3v) is 4.27. The van der Waals surface area contributed by atoms with Gasteiger partial charge in [0.25, 0.3) is 0 Å². The highest BCUT2D eigenvalue weighted by atomic mass is 16.5. The molecule has 3 rings (SSSR count). The van der Waals surface area contributed by atoms with Gasteiger partial charge < -0.3 is 19.8 Å². The lowest BCUT2D eigenvalue weighted by Crippen LogP contribution is -2.46. The van der Waals surface area contributed by atoms with Gasteiger partial charge in [-0.2, -0.15) is 0 Å². The molecule has 1 aromatic heterocycles. The Hall–Kier alpha value is -2.26. The van der Waals surface area contributed by atoms with E-state index in [2.05, 4.69) is 9.97 Å². The first-order chi connectivity index (χ1) is 11.4. The van der Waals surface area contributed by atoms with Crippen molar-refractivity contribution < 1.29 is 24.5 Å². The van der Waals surface area contributed by atoms with Gasteiger partial charge >= 0.3 is 11.9 Å². The van der Waals surface area contributed by atoms with Gasteiger partial charge in [-0.1, -0.05) is 0 Å². The minimum absolute atomic E-state index is 0.0343. The number of aromatic nitrogens is 2. The predicted octanol–water partition coefficient (Wildman–Crippen LogP) is -0.295. The number of fused-ring (bicyclic) bond motifs is 3. The number of carboxylic acids is 2. The molecule has 9 heteroatoms. The maximum atomic E-state index is 11.2. The van der Waals surface area contributed by atoms with Crippen molar-refractivity contribution in [2.45, 2.75) is 13.0 Å². The van der Waals surface area contributed by atoms with E-state index in [4.69, 9.17) is 9.84 Å². The fourth-order valence-corrected chi connectivity index (χ4v) is 3.26. The van der Waals surface area contributed by atoms with Crippen LogP contribution in [0, 0.1) is 12.8 Å². The van der Waals surface area contributed by atoms with Crippen LogP contribution in [0.3, 0.4) is 0 Å². The largest absolute Gasteiger partial charge is 0.480 e. The number of carboxylic acid groups (broad SMARTS) is 2. The van der Waals surface area contributed by atoms with Gasteiger partial charge in [-0.3, -0.25) is 9.69 Å². The van der Waals surface area contributed by atoms with Crippen LogP contribution in [-0.4, -0.2) is 82.5 Å². The average Bonchev–Trinajstić information content (AvgIpc) is 2.75. The van der Waals surface area contributed by atoms with Crippen LogP contribution in [0.4, 0.5) is 5.95 Å². The zero-order valence-electron chi connectivity index (χ0n) is 13.4. The maximum absolute atomic E-state index is 11.2. The van der Waals surface area contributed by atoms with E-state index in [9.17, 15) is 14.7 Å². The summed E-state index contributed by atoms with van der Waals surface area (Å²) >= 11 is 0. The highest BCUT2D eigenvalue weighted by molar-refractivity contribution is 5.85. The number of aryl methyl sites for hydroxylation is 1. The fourth-order valence-electron chi connectivity index (χ4n) is 3.26. The second kappa shape index (κ2) is 6.70. The van der Waals surface area contributed by atoms with Gasteiger partial charge in [-0.25, -0.2) is 14.8 Å². The smallest absolute Gasteiger partial charge is 0.354 e. The first-order valence-corrected chi connectivity index (χ1v) is 7.80. The lowest BCUT2D eigenvalue weighted by molar-refractivity contribution is -0.138. The summed E-state index contributed by atoms with van der Waals surface area (Å²) in [5.74, 6) is -1.46. The van der Waals surface area contributed by atoms with Crippen molar-refractivity contribution >= 4 is 17.9 Å². The SMILES string of the molecule is Cc1cc(C(=O)O)nc(N2C[C@@H]3COC[C@H](C2)N(CC(=O)O)C3)n1. The topological polar surface area (TPSA) is 116 Å². The van der Waals surface area contributed by atoms with Crippen molar-refractivity contribution in [3.63, 3.8) is 0 Å². The molecule has 0 amide bonds. The summed E-state index contributed by atoms with van der Waals surface area (Å²) in [6.45, 7) is 4.43. The van der Waals surface area contributed by atoms with E-state index >= 15 is 0 Å². The maximum Gasteiger partial charge on any atom is 0.354 e. The van der Waals surface area contributed by atoms with Crippen LogP contribution in [-0.2, 0) is 9.53 Å². The van der Waals surface area contributed by atoms with Crippen LogP contribution in [0.2, 0.25) is 0 Å². The molecule has 0 spiro atoms. The lowest BCUT2D eigenvalue weighted by atomic mass is 10.1. The van der Waals surface area contributed by atoms with Crippen molar-refractivity contribution in [3.8, 4) is 0 Å². The third kappa shape index (κ3) is 3.62. The first kappa shape index (κ1) is 16.6. The van der Waals surface area contributed by atoms with E-state index in [1.807, 2.05) is 9.80 Å². The molecule has 24 heavy (non-hydrogen) atoms. The molecule has 2 N–H and O–H groups in total. The zero-order chi connectivity index (χ0) is 17.3. The van der Waals surface area contributed by atoms with Crippen molar-refractivity contribution in [1.82, 2.24) is 14.9 Å². The van der Waals surface area contributed by atoms with Crippen molar-refractivity contribution in [2.75, 3.05) is 44.3 Å². The zero-order valence-corrected chi connectivity index (χ0v) is 13.4. The summed E-state index contributed by atoms with van der Waals surface area (Å²) in [5.41, 5.74) is 0.552. The van der Waals surface area contributed by atoms with Gasteiger partial charge in [0, 0.05) is 31.2 Å². The summed E-state index contributed by atoms with van der Waals surface area (Å²) in [4.78, 5) is 34.7. The molecule has 2 aliphatic rings. The summed E-state index contributed by atoms with van der Waals surface area (Å²) in [5, 5.41) is 18.3. The molecule has 1 aromatic rings. The van der Waals surface area contributed by atoms with E-state index < -0.39 is 11.9 Å². The Balaban J connectivity index is 1.88. The minimum Gasteiger partial charge on any atom is -0.480 e. The predicted molar refractivity (Wildman–Crippen MR) is 83.2 cm³/mol. The van der Waals surface area contributed by atoms with Gasteiger partial charge in [0.05, 0.1) is 25.8 Å². The number of hydrogen-bond donors (Lipinski definition) is 2. The van der Waals surface area contributed by atoms with E-state index in [1.54, 1.807) is 6.92 Å². The van der Waals surface area contributed by atoms with Gasteiger partial charge in [0.2, 0.25) is 5.95 Å². The molecule has 0 unspecified atom stereocenters. The first-order valence-electron chi connectivity index (χ1n) is 7.80. The summed E-state index contributed by atoms with van der Waals surface area (Å²) < 4.78 is 5.65. The Morgan fingerprint density at radius 2 is 2.04 bits per heavy atom. The van der Waals surface area contributed by atoms with Crippen LogP contribution in [0.1, 0.15) is 16.2 Å². The summed E-state index contributed by atoms with van der Waals surface area (Å²) in [7, 11) is 0. The molecular formula is C15H20N4O5. The lowest BCUT2D eigenvalue weighted by Gasteiger charge is -2.30. The normalized spacial score (nSPS) is 24.5. The number of anilines is 1. The summed E-state index contributed by atoms with van der Waals surface area (Å²) in [6.07, 6.45) is 0. The summed E-state index contributed by atoms with van der Waals surface area (Å²) in [6, 6.07) is 1.34. The average molecular weight is 336 g/mol. The van der Waals surface area contributed by atoms with Crippen molar-refractivity contribution in [1.29, 1.82) is 0 Å². The van der Waals surface area contributed by atoms with Crippen LogP contribution < -0.4 is 4.90 Å². The molecule has 0 radical (unpaired) electrons. The number of aliphatic carboxylic acids is 1. The standard InChI is InChI=1S/C15H20N4O5/c1-9-2-12(14(22)23)17-15(16-9)19-4-10-3-18(6-13(20)21)11(5-19)8-24-7-10/h2,10-11H,3-8H2,1H3,(H,20,21)(H,22,23)/t10-,11+/m1/s1. The Morgan fingerprint density at radius 1 is 1.25 bits per heavy atom. The van der Waals surface area contributed by atoms with Crippen LogP contribution >= 0.6 is 0 Å². The monoisotopic (exact) mass is 336 g/mol. The molecule has 130 valence electrons. The van der Waals surface area contributed by atoms with Crippen molar-refractivity contribution in [2.24, 2.45) is 5.92 Å².